The Hall–Kier alpha value is -0.430. The van der Waals surface area contributed by atoms with Gasteiger partial charge in [0.2, 0.25) is 10.0 Å². The number of sulfonamides is 1. The van der Waals surface area contributed by atoms with Crippen LogP contribution in [0.3, 0.4) is 0 Å². The lowest BCUT2D eigenvalue weighted by Crippen LogP contribution is -2.27. The molecular weight excluding hydrogens is 246 g/mol. The number of aliphatic hydroxyl groups excluding tert-OH is 1. The maximum absolute atomic E-state index is 11.9. The average molecular weight is 261 g/mol. The largest absolute Gasteiger partial charge is 0.392 e. The van der Waals surface area contributed by atoms with Crippen molar-refractivity contribution >= 4 is 21.4 Å². The number of nitrogens with one attached hydrogen (secondary N) is 1. The van der Waals surface area contributed by atoms with Gasteiger partial charge in [-0.15, -0.1) is 11.3 Å². The first-order valence-corrected chi connectivity index (χ1v) is 7.42. The van der Waals surface area contributed by atoms with Crippen LogP contribution in [0.5, 0.6) is 0 Å². The predicted molar refractivity (Wildman–Crippen MR) is 62.7 cm³/mol. The second-order valence-electron chi connectivity index (χ2n) is 4.80. The second kappa shape index (κ2) is 3.80. The van der Waals surface area contributed by atoms with Gasteiger partial charge < -0.3 is 5.11 Å². The van der Waals surface area contributed by atoms with Crippen LogP contribution in [0, 0.1) is 5.41 Å². The highest BCUT2D eigenvalue weighted by Gasteiger charge is 2.48. The molecule has 0 spiro atoms. The van der Waals surface area contributed by atoms with Crippen LogP contribution in [0.4, 0.5) is 0 Å². The average Bonchev–Trinajstić information content (AvgIpc) is 2.68. The quantitative estimate of drug-likeness (QED) is 0.859. The molecule has 2 rings (SSSR count). The Bertz CT molecular complexity index is 490. The van der Waals surface area contributed by atoms with Crippen molar-refractivity contribution in [3.63, 3.8) is 0 Å². The number of rotatable bonds is 4. The van der Waals surface area contributed by atoms with E-state index in [1.54, 1.807) is 5.38 Å². The Morgan fingerprint density at radius 1 is 1.62 bits per heavy atom. The van der Waals surface area contributed by atoms with E-state index in [1.807, 2.05) is 13.8 Å². The summed E-state index contributed by atoms with van der Waals surface area (Å²) in [5.74, 6) is 0. The molecule has 1 fully saturated rings. The fraction of sp³-hybridized carbons (Fsp3) is 0.600. The molecule has 1 aromatic heterocycles. The van der Waals surface area contributed by atoms with Crippen molar-refractivity contribution in [1.82, 2.24) is 4.72 Å². The maximum Gasteiger partial charge on any atom is 0.250 e. The molecule has 0 aromatic carbocycles. The number of hydrogen-bond donors (Lipinski definition) is 2. The van der Waals surface area contributed by atoms with Gasteiger partial charge in [-0.2, -0.15) is 0 Å². The summed E-state index contributed by atoms with van der Waals surface area (Å²) in [7, 11) is -3.40. The zero-order chi connectivity index (χ0) is 12.0. The van der Waals surface area contributed by atoms with Gasteiger partial charge in [-0.3, -0.25) is 0 Å². The Morgan fingerprint density at radius 2 is 2.25 bits per heavy atom. The van der Waals surface area contributed by atoms with E-state index in [0.29, 0.717) is 5.56 Å². The number of hydrogen-bond acceptors (Lipinski definition) is 4. The molecule has 2 N–H and O–H groups in total. The molecule has 90 valence electrons. The Labute approximate surface area is 99.4 Å². The highest BCUT2D eigenvalue weighted by Crippen LogP contribution is 2.45. The smallest absolute Gasteiger partial charge is 0.250 e. The van der Waals surface area contributed by atoms with Gasteiger partial charge >= 0.3 is 0 Å². The molecule has 1 heterocycles. The summed E-state index contributed by atoms with van der Waals surface area (Å²) in [6, 6.07) is 1.56. The van der Waals surface area contributed by atoms with Crippen molar-refractivity contribution in [2.75, 3.05) is 0 Å². The third kappa shape index (κ3) is 2.29. The predicted octanol–water partition coefficient (Wildman–Crippen LogP) is 1.32. The molecule has 0 bridgehead atoms. The van der Waals surface area contributed by atoms with Crippen LogP contribution in [0.25, 0.3) is 0 Å². The van der Waals surface area contributed by atoms with Crippen molar-refractivity contribution in [3.8, 4) is 0 Å². The minimum absolute atomic E-state index is 0.0391. The SMILES string of the molecule is CC1(C)CC1NS(=O)(=O)c1cc(CO)cs1. The summed E-state index contributed by atoms with van der Waals surface area (Å²) in [6.07, 6.45) is 0.879. The maximum atomic E-state index is 11.9. The van der Waals surface area contributed by atoms with Crippen LogP contribution >= 0.6 is 11.3 Å². The molecule has 1 aliphatic carbocycles. The van der Waals surface area contributed by atoms with Crippen LogP contribution in [-0.2, 0) is 16.6 Å². The van der Waals surface area contributed by atoms with E-state index in [0.717, 1.165) is 17.8 Å². The highest BCUT2D eigenvalue weighted by molar-refractivity contribution is 7.91. The van der Waals surface area contributed by atoms with Gasteiger partial charge in [0.25, 0.3) is 0 Å². The zero-order valence-electron chi connectivity index (χ0n) is 9.23. The zero-order valence-corrected chi connectivity index (χ0v) is 10.9. The summed E-state index contributed by atoms with van der Waals surface area (Å²) < 4.78 is 26.8. The monoisotopic (exact) mass is 261 g/mol. The molecule has 0 saturated heterocycles. The van der Waals surface area contributed by atoms with Gasteiger partial charge in [0.05, 0.1) is 6.61 Å². The second-order valence-corrected chi connectivity index (χ2v) is 7.65. The van der Waals surface area contributed by atoms with Crippen molar-refractivity contribution in [2.24, 2.45) is 5.41 Å². The molecule has 1 unspecified atom stereocenters. The van der Waals surface area contributed by atoms with E-state index >= 15 is 0 Å². The Morgan fingerprint density at radius 3 is 2.69 bits per heavy atom. The van der Waals surface area contributed by atoms with E-state index in [4.69, 9.17) is 5.11 Å². The molecule has 4 nitrogen and oxygen atoms in total. The van der Waals surface area contributed by atoms with Gasteiger partial charge in [0.1, 0.15) is 4.21 Å². The Kier molecular flexibility index (Phi) is 2.86. The summed E-state index contributed by atoms with van der Waals surface area (Å²) in [6.45, 7) is 3.95. The third-order valence-corrected chi connectivity index (χ3v) is 5.85. The van der Waals surface area contributed by atoms with E-state index < -0.39 is 10.0 Å². The third-order valence-electron chi connectivity index (χ3n) is 2.89. The molecule has 1 atom stereocenters. The van der Waals surface area contributed by atoms with Gasteiger partial charge in [-0.05, 0) is 28.8 Å². The molecular formula is C10H15NO3S2. The molecule has 1 saturated carbocycles. The Balaban J connectivity index is 2.13. The van der Waals surface area contributed by atoms with Crippen LogP contribution in [0.2, 0.25) is 0 Å². The molecule has 16 heavy (non-hydrogen) atoms. The van der Waals surface area contributed by atoms with Crippen molar-refractivity contribution < 1.29 is 13.5 Å². The standard InChI is InChI=1S/C10H15NO3S2/c1-10(2)4-8(10)11-16(13,14)9-3-7(5-12)6-15-9/h3,6,8,11-12H,4-5H2,1-2H3. The van der Waals surface area contributed by atoms with Gasteiger partial charge in [-0.1, -0.05) is 13.8 Å². The summed E-state index contributed by atoms with van der Waals surface area (Å²) in [5, 5.41) is 10.5. The van der Waals surface area contributed by atoms with Crippen LogP contribution < -0.4 is 4.72 Å². The topological polar surface area (TPSA) is 66.4 Å². The van der Waals surface area contributed by atoms with E-state index in [-0.39, 0.29) is 22.3 Å². The lowest BCUT2D eigenvalue weighted by molar-refractivity contribution is 0.282. The molecule has 1 aliphatic rings. The van der Waals surface area contributed by atoms with Crippen molar-refractivity contribution in [3.05, 3.63) is 17.0 Å². The van der Waals surface area contributed by atoms with Crippen LogP contribution in [0.15, 0.2) is 15.7 Å². The molecule has 0 amide bonds. The summed E-state index contributed by atoms with van der Waals surface area (Å²) in [4.78, 5) is 0. The molecule has 6 heteroatoms. The molecule has 0 radical (unpaired) electrons. The summed E-state index contributed by atoms with van der Waals surface area (Å²) in [5.41, 5.74) is 0.713. The first-order valence-electron chi connectivity index (χ1n) is 5.06. The first-order chi connectivity index (χ1) is 7.35. The number of aliphatic hydroxyl groups is 1. The lowest BCUT2D eigenvalue weighted by atomic mass is 10.2. The molecule has 1 aromatic rings. The fourth-order valence-electron chi connectivity index (χ4n) is 1.49. The highest BCUT2D eigenvalue weighted by atomic mass is 32.2. The van der Waals surface area contributed by atoms with E-state index in [2.05, 4.69) is 4.72 Å². The fourth-order valence-corrected chi connectivity index (χ4v) is 4.12. The van der Waals surface area contributed by atoms with Crippen molar-refractivity contribution in [2.45, 2.75) is 37.1 Å². The van der Waals surface area contributed by atoms with Crippen LogP contribution in [-0.4, -0.2) is 19.6 Å². The van der Waals surface area contributed by atoms with E-state index in [9.17, 15) is 8.42 Å². The van der Waals surface area contributed by atoms with Crippen molar-refractivity contribution in [1.29, 1.82) is 0 Å². The van der Waals surface area contributed by atoms with Gasteiger partial charge in [0, 0.05) is 6.04 Å². The summed E-state index contributed by atoms with van der Waals surface area (Å²) >= 11 is 1.14. The van der Waals surface area contributed by atoms with Crippen LogP contribution in [0.1, 0.15) is 25.8 Å². The normalized spacial score (nSPS) is 23.3. The van der Waals surface area contributed by atoms with E-state index in [1.165, 1.54) is 6.07 Å². The molecule has 0 aliphatic heterocycles. The first kappa shape index (κ1) is 12.0. The van der Waals surface area contributed by atoms with Gasteiger partial charge in [0.15, 0.2) is 0 Å². The minimum atomic E-state index is -3.40. The number of thiophene rings is 1. The van der Waals surface area contributed by atoms with Gasteiger partial charge in [-0.25, -0.2) is 13.1 Å². The lowest BCUT2D eigenvalue weighted by Gasteiger charge is -2.05. The minimum Gasteiger partial charge on any atom is -0.392 e.